The number of hydrazine groups is 1. The van der Waals surface area contributed by atoms with Crippen LogP contribution in [-0.2, 0) is 14.3 Å². The SMILES string of the molecule is CC(C)C.NN/C=C(\N)[C@@H]1C/C=C\C[C@@H](NC(=O)C2NCC3CCCCOC32)C2OC(S1)C(O)C(O)C2O. The van der Waals surface area contributed by atoms with Crippen molar-refractivity contribution in [2.45, 2.75) is 106 Å². The number of hydrogen-bond donors (Lipinski definition) is 8. The first kappa shape index (κ1) is 31.2. The third-order valence-corrected chi connectivity index (χ3v) is 8.56. The molecule has 1 amide bonds. The standard InChI is InChI=1S/C22H37N5O6S.C4H10/c23-12(10-26-24)14-7-2-1-6-13(20-17(29)16(28)18(30)22(33-20)34-14)27-21(31)15-19-11(9-25-15)5-3-4-8-32-19;1-4(2)3/h1-2,10-11,13-20,22,25-26,28-30H,3-9,23-24H2,(H,27,31);4H,1-3H3/b2-1-,12-10-;/t11?,13-,14+,15?,16?,17?,18?,19?,20?,22?;/m1./s1. The van der Waals surface area contributed by atoms with Crippen LogP contribution in [0.4, 0.5) is 0 Å². The highest BCUT2D eigenvalue weighted by atomic mass is 32.2. The van der Waals surface area contributed by atoms with Gasteiger partial charge < -0.3 is 46.6 Å². The number of amides is 1. The Balaban J connectivity index is 0.000000934. The van der Waals surface area contributed by atoms with Gasteiger partial charge in [0.25, 0.3) is 0 Å². The zero-order valence-electron chi connectivity index (χ0n) is 22.7. The summed E-state index contributed by atoms with van der Waals surface area (Å²) in [6, 6.07) is -1.09. The van der Waals surface area contributed by atoms with E-state index in [0.29, 0.717) is 31.1 Å². The fourth-order valence-corrected chi connectivity index (χ4v) is 6.49. The number of ether oxygens (including phenoxy) is 2. The summed E-state index contributed by atoms with van der Waals surface area (Å²) in [5.41, 5.74) is 8.12. The monoisotopic (exact) mass is 557 g/mol. The van der Waals surface area contributed by atoms with E-state index in [0.717, 1.165) is 31.7 Å². The molecule has 0 aromatic heterocycles. The number of allylic oxidation sites excluding steroid dienone is 1. The zero-order chi connectivity index (χ0) is 27.8. The summed E-state index contributed by atoms with van der Waals surface area (Å²) in [6.07, 6.45) is 4.11. The van der Waals surface area contributed by atoms with Crippen LogP contribution in [0.5, 0.6) is 0 Å². The summed E-state index contributed by atoms with van der Waals surface area (Å²) in [7, 11) is 0. The van der Waals surface area contributed by atoms with Crippen LogP contribution in [0, 0.1) is 11.8 Å². The Bertz CT molecular complexity index is 814. The second kappa shape index (κ2) is 14.8. The van der Waals surface area contributed by atoms with Gasteiger partial charge in [0.05, 0.1) is 17.4 Å². The summed E-state index contributed by atoms with van der Waals surface area (Å²) >= 11 is 1.24. The number of carbonyl (C=O) groups excluding carboxylic acids is 1. The van der Waals surface area contributed by atoms with Gasteiger partial charge in [0.15, 0.2) is 0 Å². The van der Waals surface area contributed by atoms with E-state index in [9.17, 15) is 20.1 Å². The van der Waals surface area contributed by atoms with Crippen molar-refractivity contribution in [2.75, 3.05) is 13.2 Å². The van der Waals surface area contributed by atoms with Gasteiger partial charge in [0.1, 0.15) is 35.9 Å². The Morgan fingerprint density at radius 3 is 2.53 bits per heavy atom. The van der Waals surface area contributed by atoms with Crippen LogP contribution in [-0.4, -0.2) is 87.7 Å². The van der Waals surface area contributed by atoms with Crippen molar-refractivity contribution in [3.05, 3.63) is 24.0 Å². The molecular formula is C26H47N5O6S. The van der Waals surface area contributed by atoms with Gasteiger partial charge in [-0.1, -0.05) is 39.3 Å². The van der Waals surface area contributed by atoms with Gasteiger partial charge in [-0.15, -0.1) is 11.8 Å². The van der Waals surface area contributed by atoms with Gasteiger partial charge in [-0.3, -0.25) is 10.6 Å². The van der Waals surface area contributed by atoms with Crippen molar-refractivity contribution in [3.8, 4) is 0 Å². The molecule has 0 saturated carbocycles. The van der Waals surface area contributed by atoms with Crippen molar-refractivity contribution in [3.63, 3.8) is 0 Å². The lowest BCUT2D eigenvalue weighted by Gasteiger charge is -2.44. The lowest BCUT2D eigenvalue weighted by molar-refractivity contribution is -0.205. The maximum Gasteiger partial charge on any atom is 0.240 e. The van der Waals surface area contributed by atoms with Crippen LogP contribution in [0.25, 0.3) is 0 Å². The second-order valence-electron chi connectivity index (χ2n) is 11.1. The molecule has 0 aromatic rings. The van der Waals surface area contributed by atoms with Crippen LogP contribution < -0.4 is 27.6 Å². The summed E-state index contributed by atoms with van der Waals surface area (Å²) in [6.45, 7) is 7.87. The molecule has 10 atom stereocenters. The van der Waals surface area contributed by atoms with E-state index >= 15 is 0 Å². The summed E-state index contributed by atoms with van der Waals surface area (Å²) in [4.78, 5) is 13.3. The number of aliphatic hydroxyl groups is 3. The summed E-state index contributed by atoms with van der Waals surface area (Å²) in [5, 5.41) is 37.9. The van der Waals surface area contributed by atoms with Crippen molar-refractivity contribution < 1.29 is 29.6 Å². The molecule has 3 fully saturated rings. The molecule has 2 bridgehead atoms. The Morgan fingerprint density at radius 2 is 1.82 bits per heavy atom. The Kier molecular flexibility index (Phi) is 12.2. The minimum Gasteiger partial charge on any atom is -0.400 e. The van der Waals surface area contributed by atoms with Crippen molar-refractivity contribution in [1.29, 1.82) is 0 Å². The molecular weight excluding hydrogens is 510 g/mol. The number of thioether (sulfide) groups is 1. The first-order valence-corrected chi connectivity index (χ1v) is 14.6. The van der Waals surface area contributed by atoms with Gasteiger partial charge in [-0.05, 0) is 37.5 Å². The van der Waals surface area contributed by atoms with E-state index in [4.69, 9.17) is 21.1 Å². The lowest BCUT2D eigenvalue weighted by Crippen LogP contribution is -2.64. The predicted molar refractivity (Wildman–Crippen MR) is 147 cm³/mol. The molecule has 0 aliphatic carbocycles. The summed E-state index contributed by atoms with van der Waals surface area (Å²) in [5.74, 6) is 6.27. The van der Waals surface area contributed by atoms with Crippen molar-refractivity contribution in [2.24, 2.45) is 23.4 Å². The fourth-order valence-electron chi connectivity index (χ4n) is 5.20. The molecule has 12 heteroatoms. The molecule has 4 rings (SSSR count). The van der Waals surface area contributed by atoms with Crippen LogP contribution >= 0.6 is 11.8 Å². The minimum absolute atomic E-state index is 0.183. The molecule has 3 saturated heterocycles. The zero-order valence-corrected chi connectivity index (χ0v) is 23.5. The molecule has 218 valence electrons. The third kappa shape index (κ3) is 8.07. The molecule has 4 heterocycles. The number of nitrogens with one attached hydrogen (secondary N) is 3. The average molecular weight is 558 g/mol. The molecule has 11 nitrogen and oxygen atoms in total. The van der Waals surface area contributed by atoms with E-state index in [1.807, 2.05) is 12.2 Å². The molecule has 4 aliphatic rings. The first-order chi connectivity index (χ1) is 18.1. The first-order valence-electron chi connectivity index (χ1n) is 13.7. The van der Waals surface area contributed by atoms with Crippen LogP contribution in [0.2, 0.25) is 0 Å². The Labute approximate surface area is 230 Å². The second-order valence-corrected chi connectivity index (χ2v) is 12.4. The van der Waals surface area contributed by atoms with Crippen LogP contribution in [0.1, 0.15) is 52.9 Å². The highest BCUT2D eigenvalue weighted by Gasteiger charge is 2.49. The quantitative estimate of drug-likeness (QED) is 0.130. The molecule has 10 N–H and O–H groups in total. The molecule has 38 heavy (non-hydrogen) atoms. The number of nitrogens with two attached hydrogens (primary N) is 2. The summed E-state index contributed by atoms with van der Waals surface area (Å²) < 4.78 is 12.1. The average Bonchev–Trinajstić information content (AvgIpc) is 3.13. The van der Waals surface area contributed by atoms with E-state index in [2.05, 4.69) is 36.8 Å². The minimum atomic E-state index is -1.43. The van der Waals surface area contributed by atoms with Gasteiger partial charge in [-0.2, -0.15) is 0 Å². The van der Waals surface area contributed by atoms with Crippen LogP contribution in [0.15, 0.2) is 24.0 Å². The number of hydrogen-bond acceptors (Lipinski definition) is 11. The van der Waals surface area contributed by atoms with E-state index in [1.165, 1.54) is 18.0 Å². The topological polar surface area (TPSA) is 184 Å². The highest BCUT2D eigenvalue weighted by molar-refractivity contribution is 8.00. The van der Waals surface area contributed by atoms with Gasteiger partial charge in [0, 0.05) is 25.0 Å². The van der Waals surface area contributed by atoms with Gasteiger partial charge in [0.2, 0.25) is 5.91 Å². The number of carbonyl (C=O) groups is 1. The fraction of sp³-hybridized carbons (Fsp3) is 0.808. The van der Waals surface area contributed by atoms with Crippen molar-refractivity contribution >= 4 is 17.7 Å². The van der Waals surface area contributed by atoms with Crippen LogP contribution in [0.3, 0.4) is 0 Å². The number of fused-ring (bicyclic) bond motifs is 3. The molecule has 0 aromatic carbocycles. The van der Waals surface area contributed by atoms with E-state index in [1.54, 1.807) is 0 Å². The van der Waals surface area contributed by atoms with Gasteiger partial charge in [-0.25, -0.2) is 0 Å². The Hall–Kier alpha value is -1.38. The molecule has 8 unspecified atom stereocenters. The molecule has 0 spiro atoms. The normalized spacial score (nSPS) is 40.7. The van der Waals surface area contributed by atoms with Crippen molar-refractivity contribution in [1.82, 2.24) is 16.1 Å². The maximum absolute atomic E-state index is 13.3. The highest BCUT2D eigenvalue weighted by Crippen LogP contribution is 2.36. The molecule has 0 radical (unpaired) electrons. The smallest absolute Gasteiger partial charge is 0.240 e. The maximum atomic E-state index is 13.3. The van der Waals surface area contributed by atoms with Gasteiger partial charge >= 0.3 is 0 Å². The largest absolute Gasteiger partial charge is 0.400 e. The predicted octanol–water partition coefficient (Wildman–Crippen LogP) is -0.187. The third-order valence-electron chi connectivity index (χ3n) is 7.11. The lowest BCUT2D eigenvalue weighted by atomic mass is 9.92. The van der Waals surface area contributed by atoms with E-state index in [-0.39, 0.29) is 17.3 Å². The number of aliphatic hydroxyl groups excluding tert-OH is 3. The molecule has 4 aliphatic heterocycles. The van der Waals surface area contributed by atoms with E-state index < -0.39 is 41.9 Å². The Morgan fingerprint density at radius 1 is 1.11 bits per heavy atom. The number of rotatable bonds is 4.